The Morgan fingerprint density at radius 3 is 2.67 bits per heavy atom. The van der Waals surface area contributed by atoms with E-state index in [0.29, 0.717) is 11.3 Å². The van der Waals surface area contributed by atoms with Crippen molar-refractivity contribution in [3.63, 3.8) is 0 Å². The molecule has 21 heavy (non-hydrogen) atoms. The van der Waals surface area contributed by atoms with E-state index >= 15 is 0 Å². The molecule has 0 spiro atoms. The van der Waals surface area contributed by atoms with E-state index in [1.165, 1.54) is 11.8 Å². The van der Waals surface area contributed by atoms with Crippen LogP contribution in [-0.4, -0.2) is 16.1 Å². The smallest absolute Gasteiger partial charge is 0.336 e. The Hall–Kier alpha value is -2.33. The number of carboxylic acid groups (broad SMARTS) is 1. The maximum Gasteiger partial charge on any atom is 0.336 e. The molecule has 1 N–H and O–H groups in total. The lowest BCUT2D eigenvalue weighted by Crippen LogP contribution is -1.98. The number of pyridine rings is 1. The van der Waals surface area contributed by atoms with Gasteiger partial charge in [0.05, 0.1) is 11.3 Å². The normalized spacial score (nSPS) is 10.7. The number of fused-ring (bicyclic) bond motifs is 1. The molecule has 0 aliphatic rings. The van der Waals surface area contributed by atoms with Crippen molar-refractivity contribution in [3.8, 4) is 0 Å². The van der Waals surface area contributed by atoms with Crippen LogP contribution >= 0.6 is 11.8 Å². The van der Waals surface area contributed by atoms with Gasteiger partial charge in [-0.3, -0.25) is 4.98 Å². The molecule has 3 nitrogen and oxygen atoms in total. The molecular formula is C17H13NO2S. The summed E-state index contributed by atoms with van der Waals surface area (Å²) in [6, 6.07) is 17.1. The van der Waals surface area contributed by atoms with Gasteiger partial charge >= 0.3 is 5.97 Å². The lowest BCUT2D eigenvalue weighted by atomic mass is 10.1. The average molecular weight is 295 g/mol. The zero-order chi connectivity index (χ0) is 14.7. The zero-order valence-corrected chi connectivity index (χ0v) is 12.0. The lowest BCUT2D eigenvalue weighted by molar-refractivity contribution is 0.0693. The molecule has 4 heteroatoms. The maximum absolute atomic E-state index is 11.2. The van der Waals surface area contributed by atoms with Crippen LogP contribution in [0.4, 0.5) is 0 Å². The highest BCUT2D eigenvalue weighted by Crippen LogP contribution is 2.28. The third kappa shape index (κ3) is 2.90. The number of nitrogens with zero attached hydrogens (tertiary/aromatic N) is 1. The van der Waals surface area contributed by atoms with E-state index in [1.54, 1.807) is 18.3 Å². The molecule has 0 amide bonds. The third-order valence-electron chi connectivity index (χ3n) is 3.24. The fraction of sp³-hybridized carbons (Fsp3) is 0.0588. The van der Waals surface area contributed by atoms with E-state index in [-0.39, 0.29) is 0 Å². The molecular weight excluding hydrogens is 282 g/mol. The largest absolute Gasteiger partial charge is 0.478 e. The number of benzene rings is 2. The third-order valence-corrected chi connectivity index (χ3v) is 4.32. The summed E-state index contributed by atoms with van der Waals surface area (Å²) in [7, 11) is 0. The second-order valence-corrected chi connectivity index (χ2v) is 5.59. The minimum absolute atomic E-state index is 0.336. The molecule has 3 rings (SSSR count). The molecule has 0 aliphatic heterocycles. The van der Waals surface area contributed by atoms with Crippen LogP contribution in [0.2, 0.25) is 0 Å². The first-order chi connectivity index (χ1) is 10.3. The van der Waals surface area contributed by atoms with Crippen molar-refractivity contribution < 1.29 is 9.90 Å². The Kier molecular flexibility index (Phi) is 3.88. The second kappa shape index (κ2) is 5.97. The monoisotopic (exact) mass is 295 g/mol. The number of carbonyl (C=O) groups is 1. The van der Waals surface area contributed by atoms with Gasteiger partial charge in [-0.2, -0.15) is 0 Å². The van der Waals surface area contributed by atoms with Crippen LogP contribution in [-0.2, 0) is 5.75 Å². The molecule has 0 saturated heterocycles. The molecule has 0 bridgehead atoms. The highest BCUT2D eigenvalue weighted by Gasteiger charge is 2.10. The van der Waals surface area contributed by atoms with Gasteiger partial charge in [-0.05, 0) is 23.6 Å². The SMILES string of the molecule is O=C(O)c1ccccc1SCc1nccc2ccccc12. The fourth-order valence-corrected chi connectivity index (χ4v) is 3.22. The number of thioether (sulfide) groups is 1. The topological polar surface area (TPSA) is 50.2 Å². The van der Waals surface area contributed by atoms with Gasteiger partial charge < -0.3 is 5.11 Å². The maximum atomic E-state index is 11.2. The Labute approximate surface area is 126 Å². The summed E-state index contributed by atoms with van der Waals surface area (Å²) < 4.78 is 0. The first-order valence-electron chi connectivity index (χ1n) is 6.53. The van der Waals surface area contributed by atoms with Crippen LogP contribution in [0.5, 0.6) is 0 Å². The number of carboxylic acids is 1. The number of hydrogen-bond donors (Lipinski definition) is 1. The zero-order valence-electron chi connectivity index (χ0n) is 11.2. The van der Waals surface area contributed by atoms with Gasteiger partial charge in [-0.1, -0.05) is 36.4 Å². The first kappa shape index (κ1) is 13.6. The molecule has 0 saturated carbocycles. The molecule has 0 fully saturated rings. The van der Waals surface area contributed by atoms with Crippen LogP contribution in [0.15, 0.2) is 65.7 Å². The molecule has 1 aromatic heterocycles. The Bertz CT molecular complexity index is 796. The minimum Gasteiger partial charge on any atom is -0.478 e. The van der Waals surface area contributed by atoms with Gasteiger partial charge in [-0.15, -0.1) is 11.8 Å². The average Bonchev–Trinajstić information content (AvgIpc) is 2.53. The summed E-state index contributed by atoms with van der Waals surface area (Å²) in [6.07, 6.45) is 1.79. The molecule has 1 heterocycles. The van der Waals surface area contributed by atoms with E-state index in [0.717, 1.165) is 21.4 Å². The summed E-state index contributed by atoms with van der Waals surface area (Å²) >= 11 is 1.50. The van der Waals surface area contributed by atoms with Crippen LogP contribution in [0.25, 0.3) is 10.8 Å². The predicted molar refractivity (Wildman–Crippen MR) is 84.7 cm³/mol. The van der Waals surface area contributed by atoms with Crippen molar-refractivity contribution in [2.24, 2.45) is 0 Å². The van der Waals surface area contributed by atoms with Crippen molar-refractivity contribution in [3.05, 3.63) is 72.1 Å². The summed E-state index contributed by atoms with van der Waals surface area (Å²) in [5.74, 6) is -0.255. The molecule has 3 aromatic rings. The highest BCUT2D eigenvalue weighted by atomic mass is 32.2. The quantitative estimate of drug-likeness (QED) is 0.732. The molecule has 0 radical (unpaired) electrons. The standard InChI is InChI=1S/C17H13NO2S/c19-17(20)14-7-3-4-8-16(14)21-11-15-13-6-2-1-5-12(13)9-10-18-15/h1-10H,11H2,(H,19,20). The fourth-order valence-electron chi connectivity index (χ4n) is 2.21. The van der Waals surface area contributed by atoms with Crippen molar-refractivity contribution in [2.45, 2.75) is 10.6 Å². The van der Waals surface area contributed by atoms with E-state index in [2.05, 4.69) is 11.1 Å². The Morgan fingerprint density at radius 2 is 1.81 bits per heavy atom. The van der Waals surface area contributed by atoms with Crippen molar-refractivity contribution in [1.82, 2.24) is 4.98 Å². The molecule has 104 valence electrons. The van der Waals surface area contributed by atoms with E-state index in [1.807, 2.05) is 36.4 Å². The van der Waals surface area contributed by atoms with Gasteiger partial charge in [0.1, 0.15) is 0 Å². The summed E-state index contributed by atoms with van der Waals surface area (Å²) in [6.45, 7) is 0. The summed E-state index contributed by atoms with van der Waals surface area (Å²) in [5, 5.41) is 11.5. The van der Waals surface area contributed by atoms with Crippen molar-refractivity contribution in [1.29, 1.82) is 0 Å². The highest BCUT2D eigenvalue weighted by molar-refractivity contribution is 7.98. The van der Waals surface area contributed by atoms with Crippen LogP contribution in [0, 0.1) is 0 Å². The summed E-state index contributed by atoms with van der Waals surface area (Å²) in [5.41, 5.74) is 1.31. The van der Waals surface area contributed by atoms with Crippen LogP contribution in [0.3, 0.4) is 0 Å². The van der Waals surface area contributed by atoms with Gasteiger partial charge in [0.15, 0.2) is 0 Å². The summed E-state index contributed by atoms with van der Waals surface area (Å²) in [4.78, 5) is 16.4. The Morgan fingerprint density at radius 1 is 1.05 bits per heavy atom. The molecule has 2 aromatic carbocycles. The van der Waals surface area contributed by atoms with Gasteiger partial charge in [-0.25, -0.2) is 4.79 Å². The van der Waals surface area contributed by atoms with E-state index in [9.17, 15) is 9.90 Å². The molecule has 0 unspecified atom stereocenters. The first-order valence-corrected chi connectivity index (χ1v) is 7.52. The molecule has 0 aliphatic carbocycles. The van der Waals surface area contributed by atoms with Crippen LogP contribution in [0.1, 0.15) is 16.1 Å². The van der Waals surface area contributed by atoms with Gasteiger partial charge in [0.2, 0.25) is 0 Å². The minimum atomic E-state index is -0.899. The van der Waals surface area contributed by atoms with Crippen molar-refractivity contribution in [2.75, 3.05) is 0 Å². The number of hydrogen-bond acceptors (Lipinski definition) is 3. The number of aromatic nitrogens is 1. The van der Waals surface area contributed by atoms with Gasteiger partial charge in [0, 0.05) is 22.2 Å². The Balaban J connectivity index is 1.89. The molecule has 0 atom stereocenters. The van der Waals surface area contributed by atoms with Crippen molar-refractivity contribution >= 4 is 28.5 Å². The second-order valence-electron chi connectivity index (χ2n) is 4.57. The number of aromatic carboxylic acids is 1. The number of rotatable bonds is 4. The van der Waals surface area contributed by atoms with E-state index in [4.69, 9.17) is 0 Å². The van der Waals surface area contributed by atoms with Crippen LogP contribution < -0.4 is 0 Å². The predicted octanol–water partition coefficient (Wildman–Crippen LogP) is 4.23. The van der Waals surface area contributed by atoms with E-state index < -0.39 is 5.97 Å². The lowest BCUT2D eigenvalue weighted by Gasteiger charge is -2.07. The van der Waals surface area contributed by atoms with Gasteiger partial charge in [0.25, 0.3) is 0 Å².